The molecule has 2 N–H and O–H groups in total. The van der Waals surface area contributed by atoms with Gasteiger partial charge in [0.25, 0.3) is 0 Å². The maximum atomic E-state index is 5.78. The number of nitrogens with two attached hydrogens (primary N) is 1. The quantitative estimate of drug-likeness (QED) is 0.848. The monoisotopic (exact) mass is 235 g/mol. The zero-order valence-corrected chi connectivity index (χ0v) is 10.9. The summed E-state index contributed by atoms with van der Waals surface area (Å²) in [5.41, 5.74) is 8.73. The summed E-state index contributed by atoms with van der Waals surface area (Å²) in [7, 11) is 0. The Kier molecular flexibility index (Phi) is 3.74. The zero-order chi connectivity index (χ0) is 12.4. The Morgan fingerprint density at radius 3 is 2.29 bits per heavy atom. The molecule has 0 aliphatic heterocycles. The predicted octanol–water partition coefficient (Wildman–Crippen LogP) is 2.04. The average Bonchev–Trinajstić information content (AvgIpc) is 3.09. The minimum atomic E-state index is 0.0734. The van der Waals surface area contributed by atoms with Crippen molar-refractivity contribution in [3.05, 3.63) is 22.8 Å². The van der Waals surface area contributed by atoms with E-state index >= 15 is 0 Å². The number of ether oxygens (including phenoxy) is 1. The second-order valence-corrected chi connectivity index (χ2v) is 4.65. The maximum Gasteiger partial charge on any atom is 0.157 e. The van der Waals surface area contributed by atoms with Crippen LogP contribution in [-0.4, -0.2) is 16.6 Å². The van der Waals surface area contributed by atoms with Crippen LogP contribution in [0.4, 0.5) is 0 Å². The lowest BCUT2D eigenvalue weighted by molar-refractivity contribution is 0.0397. The van der Waals surface area contributed by atoms with Crippen molar-refractivity contribution in [2.45, 2.75) is 46.3 Å². The van der Waals surface area contributed by atoms with E-state index in [0.717, 1.165) is 22.8 Å². The summed E-state index contributed by atoms with van der Waals surface area (Å²) in [4.78, 5) is 9.14. The first kappa shape index (κ1) is 12.5. The predicted molar refractivity (Wildman–Crippen MR) is 66.5 cm³/mol. The smallest absolute Gasteiger partial charge is 0.157 e. The van der Waals surface area contributed by atoms with Crippen molar-refractivity contribution >= 4 is 0 Å². The molecule has 1 aromatic heterocycles. The average molecular weight is 235 g/mol. The zero-order valence-electron chi connectivity index (χ0n) is 10.9. The number of aromatic nitrogens is 2. The Hall–Kier alpha value is -1.00. The van der Waals surface area contributed by atoms with Crippen molar-refractivity contribution in [1.82, 2.24) is 9.97 Å². The van der Waals surface area contributed by atoms with Crippen molar-refractivity contribution in [1.29, 1.82) is 0 Å². The topological polar surface area (TPSA) is 61.0 Å². The number of aryl methyl sites for hydroxylation is 2. The highest BCUT2D eigenvalue weighted by molar-refractivity contribution is 5.24. The summed E-state index contributed by atoms with van der Waals surface area (Å²) in [6.45, 7) is 7.22. The molecule has 0 bridgehead atoms. The van der Waals surface area contributed by atoms with E-state index in [1.807, 2.05) is 20.8 Å². The van der Waals surface area contributed by atoms with Gasteiger partial charge < -0.3 is 10.5 Å². The number of rotatable bonds is 5. The standard InChI is InChI=1S/C13H21N3O/c1-4-17-12(10-5-6-10)13-15-8(2)11(7-14)9(3)16-13/h10,12H,4-7,14H2,1-3H3. The fourth-order valence-corrected chi connectivity index (χ4v) is 2.19. The summed E-state index contributed by atoms with van der Waals surface area (Å²) < 4.78 is 5.78. The molecule has 1 unspecified atom stereocenters. The van der Waals surface area contributed by atoms with E-state index in [2.05, 4.69) is 9.97 Å². The van der Waals surface area contributed by atoms with Gasteiger partial charge in [-0.2, -0.15) is 0 Å². The Labute approximate surface area is 103 Å². The molecule has 1 heterocycles. The first-order chi connectivity index (χ1) is 8.17. The minimum Gasteiger partial charge on any atom is -0.370 e. The first-order valence-electron chi connectivity index (χ1n) is 6.33. The van der Waals surface area contributed by atoms with Gasteiger partial charge in [-0.25, -0.2) is 9.97 Å². The second-order valence-electron chi connectivity index (χ2n) is 4.65. The molecule has 1 aromatic rings. The summed E-state index contributed by atoms with van der Waals surface area (Å²) in [6, 6.07) is 0. The number of nitrogens with zero attached hydrogens (tertiary/aromatic N) is 2. The molecule has 0 saturated heterocycles. The lowest BCUT2D eigenvalue weighted by Gasteiger charge is -2.17. The number of hydrogen-bond donors (Lipinski definition) is 1. The Balaban J connectivity index is 2.30. The van der Waals surface area contributed by atoms with Crippen LogP contribution in [0.1, 0.15) is 48.6 Å². The van der Waals surface area contributed by atoms with Crippen molar-refractivity contribution in [2.75, 3.05) is 6.61 Å². The molecule has 17 heavy (non-hydrogen) atoms. The van der Waals surface area contributed by atoms with Gasteiger partial charge >= 0.3 is 0 Å². The third-order valence-corrected chi connectivity index (χ3v) is 3.29. The van der Waals surface area contributed by atoms with E-state index in [1.165, 1.54) is 12.8 Å². The summed E-state index contributed by atoms with van der Waals surface area (Å²) in [5.74, 6) is 1.44. The molecular formula is C13H21N3O. The Bertz CT molecular complexity index is 379. The van der Waals surface area contributed by atoms with E-state index in [4.69, 9.17) is 10.5 Å². The van der Waals surface area contributed by atoms with Crippen molar-refractivity contribution < 1.29 is 4.74 Å². The van der Waals surface area contributed by atoms with Crippen LogP contribution in [0.3, 0.4) is 0 Å². The van der Waals surface area contributed by atoms with E-state index in [1.54, 1.807) is 0 Å². The van der Waals surface area contributed by atoms with Crippen LogP contribution in [0.5, 0.6) is 0 Å². The molecule has 2 rings (SSSR count). The molecular weight excluding hydrogens is 214 g/mol. The van der Waals surface area contributed by atoms with E-state index < -0.39 is 0 Å². The van der Waals surface area contributed by atoms with Crippen LogP contribution < -0.4 is 5.73 Å². The van der Waals surface area contributed by atoms with Crippen molar-refractivity contribution in [3.63, 3.8) is 0 Å². The normalized spacial score (nSPS) is 17.2. The Morgan fingerprint density at radius 2 is 1.88 bits per heavy atom. The van der Waals surface area contributed by atoms with Gasteiger partial charge in [0.2, 0.25) is 0 Å². The van der Waals surface area contributed by atoms with Gasteiger partial charge in [0.15, 0.2) is 5.82 Å². The van der Waals surface area contributed by atoms with Gasteiger partial charge in [0.05, 0.1) is 0 Å². The van der Waals surface area contributed by atoms with E-state index in [-0.39, 0.29) is 6.10 Å². The van der Waals surface area contributed by atoms with Gasteiger partial charge in [-0.3, -0.25) is 0 Å². The van der Waals surface area contributed by atoms with Crippen LogP contribution in [0.25, 0.3) is 0 Å². The van der Waals surface area contributed by atoms with E-state index in [0.29, 0.717) is 19.1 Å². The molecule has 1 aliphatic rings. The summed E-state index contributed by atoms with van der Waals surface area (Å²) in [6.07, 6.45) is 2.53. The third-order valence-electron chi connectivity index (χ3n) is 3.29. The van der Waals surface area contributed by atoms with Crippen molar-refractivity contribution in [3.8, 4) is 0 Å². The van der Waals surface area contributed by atoms with Crippen LogP contribution in [0.2, 0.25) is 0 Å². The van der Waals surface area contributed by atoms with Gasteiger partial charge in [-0.05, 0) is 39.5 Å². The van der Waals surface area contributed by atoms with Crippen LogP contribution in [0.15, 0.2) is 0 Å². The molecule has 4 heteroatoms. The lowest BCUT2D eigenvalue weighted by Crippen LogP contribution is -2.15. The first-order valence-corrected chi connectivity index (χ1v) is 6.33. The molecule has 0 amide bonds. The fourth-order valence-electron chi connectivity index (χ4n) is 2.19. The van der Waals surface area contributed by atoms with Crippen LogP contribution in [-0.2, 0) is 11.3 Å². The highest BCUT2D eigenvalue weighted by atomic mass is 16.5. The molecule has 1 aliphatic carbocycles. The van der Waals surface area contributed by atoms with Crippen molar-refractivity contribution in [2.24, 2.45) is 11.7 Å². The molecule has 0 radical (unpaired) electrons. The SMILES string of the molecule is CCOC(c1nc(C)c(CN)c(C)n1)C1CC1. The molecule has 0 aromatic carbocycles. The highest BCUT2D eigenvalue weighted by Gasteiger charge is 2.35. The third kappa shape index (κ3) is 2.64. The largest absolute Gasteiger partial charge is 0.370 e. The summed E-state index contributed by atoms with van der Waals surface area (Å²) >= 11 is 0. The van der Waals surface area contributed by atoms with Gasteiger partial charge in [-0.1, -0.05) is 0 Å². The molecule has 94 valence electrons. The molecule has 0 spiro atoms. The van der Waals surface area contributed by atoms with Gasteiger partial charge in [0, 0.05) is 30.1 Å². The molecule has 1 saturated carbocycles. The minimum absolute atomic E-state index is 0.0734. The fraction of sp³-hybridized carbons (Fsp3) is 0.692. The molecule has 4 nitrogen and oxygen atoms in total. The summed E-state index contributed by atoms with van der Waals surface area (Å²) in [5, 5.41) is 0. The second kappa shape index (κ2) is 5.10. The number of hydrogen-bond acceptors (Lipinski definition) is 4. The molecule has 1 fully saturated rings. The maximum absolute atomic E-state index is 5.78. The lowest BCUT2D eigenvalue weighted by atomic mass is 10.1. The van der Waals surface area contributed by atoms with Crippen LogP contribution >= 0.6 is 0 Å². The Morgan fingerprint density at radius 1 is 1.29 bits per heavy atom. The molecule has 1 atom stereocenters. The van der Waals surface area contributed by atoms with E-state index in [9.17, 15) is 0 Å². The highest BCUT2D eigenvalue weighted by Crippen LogP contribution is 2.42. The van der Waals surface area contributed by atoms with Crippen LogP contribution in [0, 0.1) is 19.8 Å². The van der Waals surface area contributed by atoms with Gasteiger partial charge in [0.1, 0.15) is 6.10 Å². The van der Waals surface area contributed by atoms with Gasteiger partial charge in [-0.15, -0.1) is 0 Å².